The molecule has 2 fully saturated rings. The van der Waals surface area contributed by atoms with E-state index in [1.165, 1.54) is 0 Å². The Hall–Kier alpha value is -3.22. The topological polar surface area (TPSA) is 93.1 Å². The lowest BCUT2D eigenvalue weighted by atomic mass is 9.70. The number of ether oxygens (including phenoxy) is 2. The Balaban J connectivity index is 0.000000142. The maximum atomic E-state index is 12.0. The molecular weight excluding hydrogens is 432 g/mol. The highest BCUT2D eigenvalue weighted by Crippen LogP contribution is 2.61. The van der Waals surface area contributed by atoms with E-state index >= 15 is 0 Å². The van der Waals surface area contributed by atoms with E-state index in [0.29, 0.717) is 37.2 Å². The SMILES string of the molecule is C=C1c2ccccc2[C@@](C)(O)[C@]12CCOC2=O.C=C1c2ccccc2[C@](C)(O)[C@@]12CCOC2=O. The summed E-state index contributed by atoms with van der Waals surface area (Å²) in [5.41, 5.74) is 0.206. The number of esters is 2. The van der Waals surface area contributed by atoms with Crippen LogP contribution in [0.15, 0.2) is 61.7 Å². The summed E-state index contributed by atoms with van der Waals surface area (Å²) >= 11 is 0. The smallest absolute Gasteiger partial charge is 0.320 e. The molecular formula is C28H28O6. The summed E-state index contributed by atoms with van der Waals surface area (Å²) in [6, 6.07) is 15.0. The van der Waals surface area contributed by atoms with E-state index in [4.69, 9.17) is 9.47 Å². The third-order valence-electron chi connectivity index (χ3n) is 8.36. The monoisotopic (exact) mass is 460 g/mol. The van der Waals surface area contributed by atoms with E-state index in [-0.39, 0.29) is 11.9 Å². The minimum atomic E-state index is -1.23. The fraction of sp³-hybridized carbons (Fsp3) is 0.357. The predicted molar refractivity (Wildman–Crippen MR) is 126 cm³/mol. The second kappa shape index (κ2) is 7.14. The molecule has 0 radical (unpaired) electrons. The predicted octanol–water partition coefficient (Wildman–Crippen LogP) is 3.71. The molecule has 4 atom stereocenters. The fourth-order valence-electron chi connectivity index (χ4n) is 6.33. The largest absolute Gasteiger partial charge is 0.465 e. The lowest BCUT2D eigenvalue weighted by Gasteiger charge is -2.33. The number of fused-ring (bicyclic) bond motifs is 2. The van der Waals surface area contributed by atoms with Gasteiger partial charge in [-0.3, -0.25) is 9.59 Å². The molecule has 0 saturated carbocycles. The first kappa shape index (κ1) is 22.6. The Bertz CT molecular complexity index is 1160. The number of aliphatic hydroxyl groups is 2. The average Bonchev–Trinajstić information content (AvgIpc) is 3.50. The molecule has 2 aromatic rings. The molecule has 2 aliphatic carbocycles. The van der Waals surface area contributed by atoms with Gasteiger partial charge in [0.05, 0.1) is 13.2 Å². The van der Waals surface area contributed by atoms with Crippen molar-refractivity contribution in [3.63, 3.8) is 0 Å². The molecule has 4 aliphatic rings. The van der Waals surface area contributed by atoms with E-state index < -0.39 is 22.0 Å². The van der Waals surface area contributed by atoms with Crippen LogP contribution in [0.2, 0.25) is 0 Å². The van der Waals surface area contributed by atoms with Crippen LogP contribution >= 0.6 is 0 Å². The van der Waals surface area contributed by atoms with Gasteiger partial charge in [-0.1, -0.05) is 61.7 Å². The zero-order chi connectivity index (χ0) is 24.5. The first-order valence-corrected chi connectivity index (χ1v) is 11.4. The second-order valence-electron chi connectivity index (χ2n) is 9.78. The standard InChI is InChI=1S/2C14H14O3/c2*1-9-10-5-3-4-6-11(10)13(2,16)14(9)7-8-17-12(14)15/h2*3-6,16H,1,7-8H2,2H3/t2*13-,14-/m10/s1. The quantitative estimate of drug-likeness (QED) is 0.583. The molecule has 2 aromatic carbocycles. The summed E-state index contributed by atoms with van der Waals surface area (Å²) in [7, 11) is 0. The number of carbonyl (C=O) groups is 2. The number of cyclic esters (lactones) is 2. The van der Waals surface area contributed by atoms with Crippen LogP contribution in [-0.4, -0.2) is 35.4 Å². The van der Waals surface area contributed by atoms with Crippen molar-refractivity contribution < 1.29 is 29.3 Å². The van der Waals surface area contributed by atoms with Crippen LogP contribution in [0.25, 0.3) is 11.1 Å². The van der Waals surface area contributed by atoms with E-state index in [2.05, 4.69) is 13.2 Å². The lowest BCUT2D eigenvalue weighted by molar-refractivity contribution is -0.154. The van der Waals surface area contributed by atoms with Gasteiger partial charge in [0.15, 0.2) is 0 Å². The average molecular weight is 461 g/mol. The van der Waals surface area contributed by atoms with Gasteiger partial charge in [0.2, 0.25) is 0 Å². The molecule has 2 aliphatic heterocycles. The molecule has 6 heteroatoms. The minimum Gasteiger partial charge on any atom is -0.465 e. The molecule has 2 N–H and O–H groups in total. The van der Waals surface area contributed by atoms with Crippen LogP contribution in [-0.2, 0) is 30.3 Å². The molecule has 0 amide bonds. The number of hydrogen-bond acceptors (Lipinski definition) is 6. The van der Waals surface area contributed by atoms with Crippen LogP contribution in [0.4, 0.5) is 0 Å². The van der Waals surface area contributed by atoms with Crippen molar-refractivity contribution in [3.05, 3.63) is 83.9 Å². The summed E-state index contributed by atoms with van der Waals surface area (Å²) in [4.78, 5) is 24.1. The van der Waals surface area contributed by atoms with Gasteiger partial charge in [0, 0.05) is 12.8 Å². The van der Waals surface area contributed by atoms with E-state index in [0.717, 1.165) is 22.3 Å². The van der Waals surface area contributed by atoms with Gasteiger partial charge in [-0.15, -0.1) is 0 Å². The second-order valence-corrected chi connectivity index (χ2v) is 9.78. The molecule has 2 saturated heterocycles. The van der Waals surface area contributed by atoms with Crippen molar-refractivity contribution in [2.45, 2.75) is 37.9 Å². The lowest BCUT2D eigenvalue weighted by Crippen LogP contribution is -2.43. The van der Waals surface area contributed by atoms with Gasteiger partial charge in [-0.05, 0) is 47.2 Å². The third kappa shape index (κ3) is 2.47. The highest BCUT2D eigenvalue weighted by atomic mass is 16.5. The van der Waals surface area contributed by atoms with E-state index in [1.54, 1.807) is 13.8 Å². The molecule has 34 heavy (non-hydrogen) atoms. The summed E-state index contributed by atoms with van der Waals surface area (Å²) in [6.45, 7) is 12.1. The minimum absolute atomic E-state index is 0.349. The van der Waals surface area contributed by atoms with E-state index in [9.17, 15) is 19.8 Å². The van der Waals surface area contributed by atoms with Crippen LogP contribution in [0.5, 0.6) is 0 Å². The Kier molecular flexibility index (Phi) is 4.74. The van der Waals surface area contributed by atoms with Crippen molar-refractivity contribution in [2.24, 2.45) is 10.8 Å². The molecule has 0 unspecified atom stereocenters. The maximum absolute atomic E-state index is 12.0. The van der Waals surface area contributed by atoms with Gasteiger partial charge in [0.25, 0.3) is 0 Å². The number of benzene rings is 2. The van der Waals surface area contributed by atoms with Crippen molar-refractivity contribution in [1.82, 2.24) is 0 Å². The fourth-order valence-corrected chi connectivity index (χ4v) is 6.33. The van der Waals surface area contributed by atoms with Crippen molar-refractivity contribution in [2.75, 3.05) is 13.2 Å². The summed E-state index contributed by atoms with van der Waals surface area (Å²) in [6.07, 6.45) is 0.985. The van der Waals surface area contributed by atoms with Gasteiger partial charge < -0.3 is 19.7 Å². The van der Waals surface area contributed by atoms with Crippen molar-refractivity contribution >= 4 is 23.1 Å². The summed E-state index contributed by atoms with van der Waals surface area (Å²) in [5, 5.41) is 21.6. The molecule has 6 nitrogen and oxygen atoms in total. The van der Waals surface area contributed by atoms with Gasteiger partial charge >= 0.3 is 11.9 Å². The number of carbonyl (C=O) groups excluding carboxylic acids is 2. The molecule has 2 spiro atoms. The van der Waals surface area contributed by atoms with Crippen LogP contribution in [0.3, 0.4) is 0 Å². The molecule has 0 bridgehead atoms. The third-order valence-corrected chi connectivity index (χ3v) is 8.36. The normalized spacial score (nSPS) is 35.2. The van der Waals surface area contributed by atoms with Gasteiger partial charge in [0.1, 0.15) is 22.0 Å². The van der Waals surface area contributed by atoms with Crippen LogP contribution in [0.1, 0.15) is 48.9 Å². The Morgan fingerprint density at radius 2 is 1.06 bits per heavy atom. The Labute approximate surface area is 198 Å². The summed E-state index contributed by atoms with van der Waals surface area (Å²) in [5.74, 6) is -0.715. The maximum Gasteiger partial charge on any atom is 0.320 e. The molecule has 176 valence electrons. The molecule has 2 heterocycles. The van der Waals surface area contributed by atoms with E-state index in [1.807, 2.05) is 48.5 Å². The van der Waals surface area contributed by atoms with Gasteiger partial charge in [-0.25, -0.2) is 0 Å². The summed E-state index contributed by atoms with van der Waals surface area (Å²) < 4.78 is 10.1. The molecule has 6 rings (SSSR count). The first-order chi connectivity index (χ1) is 16.0. The van der Waals surface area contributed by atoms with Crippen LogP contribution < -0.4 is 0 Å². The molecule has 0 aromatic heterocycles. The van der Waals surface area contributed by atoms with Crippen molar-refractivity contribution in [1.29, 1.82) is 0 Å². The Morgan fingerprint density at radius 3 is 1.35 bits per heavy atom. The van der Waals surface area contributed by atoms with Crippen LogP contribution in [0, 0.1) is 10.8 Å². The first-order valence-electron chi connectivity index (χ1n) is 11.4. The highest BCUT2D eigenvalue weighted by Gasteiger charge is 2.65. The van der Waals surface area contributed by atoms with Gasteiger partial charge in [-0.2, -0.15) is 0 Å². The number of hydrogen-bond donors (Lipinski definition) is 2. The highest BCUT2D eigenvalue weighted by molar-refractivity contribution is 6.00. The Morgan fingerprint density at radius 1 is 0.706 bits per heavy atom. The number of rotatable bonds is 0. The zero-order valence-electron chi connectivity index (χ0n) is 19.4. The zero-order valence-corrected chi connectivity index (χ0v) is 19.4. The van der Waals surface area contributed by atoms with Crippen molar-refractivity contribution in [3.8, 4) is 0 Å².